The Morgan fingerprint density at radius 3 is 2.24 bits per heavy atom. The molecule has 0 spiro atoms. The Kier molecular flexibility index (Phi) is 3.22. The first kappa shape index (κ1) is 13.4. The highest BCUT2D eigenvalue weighted by atomic mass is 19.1. The lowest BCUT2D eigenvalue weighted by Gasteiger charge is -2.25. The van der Waals surface area contributed by atoms with Gasteiger partial charge in [0.05, 0.1) is 0 Å². The largest absolute Gasteiger partial charge is 0.355 e. The minimum atomic E-state index is -0.225. The van der Waals surface area contributed by atoms with Crippen LogP contribution in [0.3, 0.4) is 0 Å². The summed E-state index contributed by atoms with van der Waals surface area (Å²) in [5, 5.41) is 3.20. The molecule has 0 amide bonds. The second-order valence-electron chi connectivity index (χ2n) is 5.05. The SMILES string of the molecule is C=C1NC(=C)c2ccc(-c3ccc(F)cc3)cc2C1=CC. The minimum absolute atomic E-state index is 0.225. The fourth-order valence-corrected chi connectivity index (χ4v) is 2.66. The van der Waals surface area contributed by atoms with Crippen LogP contribution in [-0.4, -0.2) is 0 Å². The van der Waals surface area contributed by atoms with Gasteiger partial charge in [0, 0.05) is 22.5 Å². The van der Waals surface area contributed by atoms with E-state index in [1.165, 1.54) is 12.1 Å². The van der Waals surface area contributed by atoms with E-state index in [1.807, 2.05) is 25.1 Å². The van der Waals surface area contributed by atoms with Crippen molar-refractivity contribution < 1.29 is 4.39 Å². The minimum Gasteiger partial charge on any atom is -0.355 e. The number of fused-ring (bicyclic) bond motifs is 1. The summed E-state index contributed by atoms with van der Waals surface area (Å²) in [5.41, 5.74) is 6.99. The van der Waals surface area contributed by atoms with Gasteiger partial charge in [0.15, 0.2) is 0 Å². The molecule has 0 unspecified atom stereocenters. The fourth-order valence-electron chi connectivity index (χ4n) is 2.66. The third-order valence-electron chi connectivity index (χ3n) is 3.73. The van der Waals surface area contributed by atoms with E-state index in [-0.39, 0.29) is 5.82 Å². The van der Waals surface area contributed by atoms with Crippen molar-refractivity contribution in [1.82, 2.24) is 5.32 Å². The van der Waals surface area contributed by atoms with Gasteiger partial charge in [-0.3, -0.25) is 0 Å². The topological polar surface area (TPSA) is 12.0 Å². The third kappa shape index (κ3) is 2.29. The molecular formula is C19H16FN. The third-order valence-corrected chi connectivity index (χ3v) is 3.73. The Hall–Kier alpha value is -2.61. The van der Waals surface area contributed by atoms with E-state index < -0.39 is 0 Å². The van der Waals surface area contributed by atoms with Crippen LogP contribution in [0.5, 0.6) is 0 Å². The molecular weight excluding hydrogens is 261 g/mol. The van der Waals surface area contributed by atoms with E-state index >= 15 is 0 Å². The average Bonchev–Trinajstić information content (AvgIpc) is 2.48. The van der Waals surface area contributed by atoms with E-state index in [9.17, 15) is 4.39 Å². The second-order valence-corrected chi connectivity index (χ2v) is 5.05. The predicted molar refractivity (Wildman–Crippen MR) is 86.8 cm³/mol. The van der Waals surface area contributed by atoms with Gasteiger partial charge < -0.3 is 5.32 Å². The van der Waals surface area contributed by atoms with Crippen molar-refractivity contribution in [1.29, 1.82) is 0 Å². The van der Waals surface area contributed by atoms with Crippen molar-refractivity contribution in [3.05, 3.63) is 84.3 Å². The number of hydrogen-bond acceptors (Lipinski definition) is 1. The van der Waals surface area contributed by atoms with Crippen molar-refractivity contribution in [3.63, 3.8) is 0 Å². The Labute approximate surface area is 124 Å². The number of halogens is 1. The van der Waals surface area contributed by atoms with E-state index in [1.54, 1.807) is 12.1 Å². The van der Waals surface area contributed by atoms with Crippen molar-refractivity contribution in [3.8, 4) is 11.1 Å². The molecule has 0 radical (unpaired) electrons. The molecule has 3 rings (SSSR count). The molecule has 2 heteroatoms. The zero-order chi connectivity index (χ0) is 15.0. The summed E-state index contributed by atoms with van der Waals surface area (Å²) in [7, 11) is 0. The van der Waals surface area contributed by atoms with Crippen LogP contribution < -0.4 is 5.32 Å². The highest BCUT2D eigenvalue weighted by Crippen LogP contribution is 2.36. The first-order valence-corrected chi connectivity index (χ1v) is 6.82. The van der Waals surface area contributed by atoms with Crippen LogP contribution in [-0.2, 0) is 0 Å². The standard InChI is InChI=1S/C19H16FN/c1-4-17-12(2)21-13(3)18-10-7-15(11-19(17)18)14-5-8-16(20)9-6-14/h4-11,21H,2-3H2,1H3. The molecule has 21 heavy (non-hydrogen) atoms. The Bertz CT molecular complexity index is 767. The van der Waals surface area contributed by atoms with Gasteiger partial charge in [-0.2, -0.15) is 0 Å². The van der Waals surface area contributed by atoms with Gasteiger partial charge in [0.1, 0.15) is 5.82 Å². The molecule has 2 aromatic rings. The van der Waals surface area contributed by atoms with Crippen LogP contribution in [0.1, 0.15) is 18.1 Å². The van der Waals surface area contributed by atoms with Crippen LogP contribution in [0.2, 0.25) is 0 Å². The quantitative estimate of drug-likeness (QED) is 0.775. The van der Waals surface area contributed by atoms with Gasteiger partial charge in [-0.25, -0.2) is 4.39 Å². The average molecular weight is 277 g/mol. The molecule has 0 atom stereocenters. The lowest BCUT2D eigenvalue weighted by atomic mass is 9.89. The molecule has 1 heterocycles. The van der Waals surface area contributed by atoms with Gasteiger partial charge >= 0.3 is 0 Å². The fraction of sp³-hybridized carbons (Fsp3) is 0.0526. The predicted octanol–water partition coefficient (Wildman–Crippen LogP) is 4.98. The maximum atomic E-state index is 13.1. The van der Waals surface area contributed by atoms with Crippen LogP contribution in [0.4, 0.5) is 4.39 Å². The highest BCUT2D eigenvalue weighted by molar-refractivity contribution is 5.92. The van der Waals surface area contributed by atoms with Gasteiger partial charge in [-0.15, -0.1) is 0 Å². The summed E-state index contributed by atoms with van der Waals surface area (Å²) in [5.74, 6) is -0.225. The molecule has 0 saturated heterocycles. The van der Waals surface area contributed by atoms with Gasteiger partial charge in [0.2, 0.25) is 0 Å². The van der Waals surface area contributed by atoms with E-state index in [4.69, 9.17) is 0 Å². The van der Waals surface area contributed by atoms with E-state index in [2.05, 4.69) is 24.5 Å². The molecule has 1 aliphatic heterocycles. The van der Waals surface area contributed by atoms with Crippen LogP contribution >= 0.6 is 0 Å². The van der Waals surface area contributed by atoms with Gasteiger partial charge in [-0.05, 0) is 41.8 Å². The Balaban J connectivity index is 2.16. The molecule has 0 saturated carbocycles. The van der Waals surface area contributed by atoms with Crippen LogP contribution in [0.25, 0.3) is 22.4 Å². The Morgan fingerprint density at radius 2 is 1.57 bits per heavy atom. The van der Waals surface area contributed by atoms with Crippen LogP contribution in [0, 0.1) is 5.82 Å². The molecule has 0 aromatic heterocycles. The molecule has 1 nitrogen and oxygen atoms in total. The first-order chi connectivity index (χ1) is 10.1. The number of nitrogens with one attached hydrogen (secondary N) is 1. The van der Waals surface area contributed by atoms with Gasteiger partial charge in [-0.1, -0.05) is 43.5 Å². The zero-order valence-corrected chi connectivity index (χ0v) is 11.9. The Morgan fingerprint density at radius 1 is 0.905 bits per heavy atom. The number of hydrogen-bond donors (Lipinski definition) is 1. The summed E-state index contributed by atoms with van der Waals surface area (Å²) >= 11 is 0. The molecule has 1 aliphatic rings. The summed E-state index contributed by atoms with van der Waals surface area (Å²) in [6, 6.07) is 12.7. The lowest BCUT2D eigenvalue weighted by molar-refractivity contribution is 0.628. The van der Waals surface area contributed by atoms with E-state index in [0.717, 1.165) is 39.2 Å². The summed E-state index contributed by atoms with van der Waals surface area (Å²) in [6.07, 6.45) is 2.04. The molecule has 0 bridgehead atoms. The smallest absolute Gasteiger partial charge is 0.123 e. The molecule has 0 aliphatic carbocycles. The summed E-state index contributed by atoms with van der Waals surface area (Å²) in [4.78, 5) is 0. The summed E-state index contributed by atoms with van der Waals surface area (Å²) in [6.45, 7) is 10.1. The normalized spacial score (nSPS) is 15.8. The van der Waals surface area contributed by atoms with Crippen molar-refractivity contribution in [2.75, 3.05) is 0 Å². The number of allylic oxidation sites excluding steroid dienone is 2. The molecule has 104 valence electrons. The van der Waals surface area contributed by atoms with Crippen molar-refractivity contribution in [2.24, 2.45) is 0 Å². The lowest BCUT2D eigenvalue weighted by Crippen LogP contribution is -2.18. The molecule has 0 fully saturated rings. The maximum absolute atomic E-state index is 13.1. The highest BCUT2D eigenvalue weighted by Gasteiger charge is 2.19. The summed E-state index contributed by atoms with van der Waals surface area (Å²) < 4.78 is 13.1. The van der Waals surface area contributed by atoms with Crippen molar-refractivity contribution >= 4 is 11.3 Å². The van der Waals surface area contributed by atoms with E-state index in [0.29, 0.717) is 0 Å². The molecule has 2 aromatic carbocycles. The van der Waals surface area contributed by atoms with Crippen molar-refractivity contribution in [2.45, 2.75) is 6.92 Å². The number of rotatable bonds is 1. The zero-order valence-electron chi connectivity index (χ0n) is 11.9. The van der Waals surface area contributed by atoms with Gasteiger partial charge in [0.25, 0.3) is 0 Å². The second kappa shape index (κ2) is 5.06. The molecule has 1 N–H and O–H groups in total. The first-order valence-electron chi connectivity index (χ1n) is 6.82. The monoisotopic (exact) mass is 277 g/mol. The van der Waals surface area contributed by atoms with Crippen LogP contribution in [0.15, 0.2) is 67.4 Å². The maximum Gasteiger partial charge on any atom is 0.123 e. The number of benzene rings is 2.